The van der Waals surface area contributed by atoms with Gasteiger partial charge in [-0.05, 0) is 66.1 Å². The molecule has 28 heavy (non-hydrogen) atoms. The van der Waals surface area contributed by atoms with Gasteiger partial charge >= 0.3 is 35.5 Å². The Morgan fingerprint density at radius 2 is 1.29 bits per heavy atom. The molecule has 0 saturated carbocycles. The molecule has 3 aromatic rings. The van der Waals surface area contributed by atoms with E-state index in [9.17, 15) is 4.79 Å². The van der Waals surface area contributed by atoms with Crippen LogP contribution in [0.15, 0.2) is 72.8 Å². The van der Waals surface area contributed by atoms with Crippen molar-refractivity contribution < 1.29 is 9.90 Å². The summed E-state index contributed by atoms with van der Waals surface area (Å²) in [7, 11) is 0. The predicted octanol–water partition coefficient (Wildman–Crippen LogP) is 5.68. The molecule has 0 amide bonds. The first kappa shape index (κ1) is 22.8. The van der Waals surface area contributed by atoms with E-state index in [0.29, 0.717) is 10.0 Å². The standard InChI is InChI=1S/C22H19Cl2NO2.Na.H/c23-18-7-1-15(2-8-18)21(16-3-9-19(24)10-4-16)13-14-25-20-11-5-17(6-12-20)22(26)27;;/h1-12,21,25H,13-14H2,(H,26,27);;. The molecule has 3 rings (SSSR count). The maximum atomic E-state index is 10.9. The molecule has 0 heterocycles. The molecule has 3 nitrogen and oxygen atoms in total. The van der Waals surface area contributed by atoms with Crippen LogP contribution in [0.25, 0.3) is 0 Å². The minimum absolute atomic E-state index is 0. The summed E-state index contributed by atoms with van der Waals surface area (Å²) in [6.07, 6.45) is 0.865. The van der Waals surface area contributed by atoms with Crippen molar-refractivity contribution in [3.8, 4) is 0 Å². The number of anilines is 1. The number of hydrogen-bond acceptors (Lipinski definition) is 2. The summed E-state index contributed by atoms with van der Waals surface area (Å²) in [5.41, 5.74) is 3.54. The molecule has 0 aromatic heterocycles. The third-order valence-corrected chi connectivity index (χ3v) is 4.94. The molecule has 0 spiro atoms. The maximum absolute atomic E-state index is 10.9. The van der Waals surface area contributed by atoms with Crippen molar-refractivity contribution in [2.75, 3.05) is 11.9 Å². The Morgan fingerprint density at radius 3 is 1.71 bits per heavy atom. The monoisotopic (exact) mass is 423 g/mol. The van der Waals surface area contributed by atoms with E-state index in [1.54, 1.807) is 24.3 Å². The Morgan fingerprint density at radius 1 is 0.821 bits per heavy atom. The second kappa shape index (κ2) is 10.9. The molecule has 0 atom stereocenters. The number of benzene rings is 3. The van der Waals surface area contributed by atoms with Crippen LogP contribution in [-0.4, -0.2) is 47.2 Å². The van der Waals surface area contributed by atoms with Crippen LogP contribution in [0.5, 0.6) is 0 Å². The van der Waals surface area contributed by atoms with Crippen LogP contribution in [0.3, 0.4) is 0 Å². The molecule has 2 N–H and O–H groups in total. The van der Waals surface area contributed by atoms with Gasteiger partial charge in [-0.3, -0.25) is 0 Å². The Balaban J connectivity index is 0.00000280. The van der Waals surface area contributed by atoms with Gasteiger partial charge in [0.25, 0.3) is 0 Å². The van der Waals surface area contributed by atoms with Gasteiger partial charge < -0.3 is 10.4 Å². The molecule has 0 bridgehead atoms. The van der Waals surface area contributed by atoms with Crippen LogP contribution in [-0.2, 0) is 0 Å². The fraction of sp³-hybridized carbons (Fsp3) is 0.136. The van der Waals surface area contributed by atoms with Crippen molar-refractivity contribution in [2.24, 2.45) is 0 Å². The molecule has 0 fully saturated rings. The number of hydrogen-bond donors (Lipinski definition) is 2. The quantitative estimate of drug-likeness (QED) is 0.480. The van der Waals surface area contributed by atoms with Gasteiger partial charge in [-0.25, -0.2) is 4.79 Å². The van der Waals surface area contributed by atoms with Gasteiger partial charge in [-0.1, -0.05) is 47.5 Å². The van der Waals surface area contributed by atoms with Crippen molar-refractivity contribution in [1.29, 1.82) is 0 Å². The van der Waals surface area contributed by atoms with E-state index in [4.69, 9.17) is 28.3 Å². The fourth-order valence-corrected chi connectivity index (χ4v) is 3.26. The molecule has 3 aromatic carbocycles. The second-order valence-electron chi connectivity index (χ2n) is 6.25. The van der Waals surface area contributed by atoms with Crippen molar-refractivity contribution in [3.63, 3.8) is 0 Å². The Hall–Kier alpha value is -1.49. The van der Waals surface area contributed by atoms with E-state index >= 15 is 0 Å². The minimum atomic E-state index is -0.924. The van der Waals surface area contributed by atoms with Crippen molar-refractivity contribution >= 4 is 64.4 Å². The van der Waals surface area contributed by atoms with Crippen LogP contribution in [0.2, 0.25) is 10.0 Å². The van der Waals surface area contributed by atoms with E-state index in [2.05, 4.69) is 5.32 Å². The number of carboxylic acid groups (broad SMARTS) is 1. The van der Waals surface area contributed by atoms with E-state index < -0.39 is 5.97 Å². The Bertz CT molecular complexity index is 852. The second-order valence-corrected chi connectivity index (χ2v) is 7.13. The summed E-state index contributed by atoms with van der Waals surface area (Å²) in [5, 5.41) is 13.8. The van der Waals surface area contributed by atoms with Crippen LogP contribution >= 0.6 is 23.2 Å². The molecule has 6 heteroatoms. The molecule has 0 aliphatic heterocycles. The number of carboxylic acids is 1. The first-order valence-electron chi connectivity index (χ1n) is 8.61. The average molecular weight is 424 g/mol. The first-order chi connectivity index (χ1) is 13.0. The van der Waals surface area contributed by atoms with Gasteiger partial charge in [0, 0.05) is 28.2 Å². The van der Waals surface area contributed by atoms with Crippen LogP contribution in [0, 0.1) is 0 Å². The summed E-state index contributed by atoms with van der Waals surface area (Å²) in [6.45, 7) is 0.738. The summed E-state index contributed by atoms with van der Waals surface area (Å²) in [6, 6.07) is 22.5. The number of aromatic carboxylic acids is 1. The normalized spacial score (nSPS) is 10.4. The summed E-state index contributed by atoms with van der Waals surface area (Å²) < 4.78 is 0. The third kappa shape index (κ3) is 6.26. The molecular formula is C22H20Cl2NNaO2. The average Bonchev–Trinajstić information content (AvgIpc) is 2.67. The first-order valence-corrected chi connectivity index (χ1v) is 9.36. The van der Waals surface area contributed by atoms with Gasteiger partial charge in [-0.15, -0.1) is 0 Å². The Labute approximate surface area is 197 Å². The zero-order chi connectivity index (χ0) is 19.2. The Kier molecular flexibility index (Phi) is 8.87. The van der Waals surface area contributed by atoms with Crippen LogP contribution < -0.4 is 5.32 Å². The summed E-state index contributed by atoms with van der Waals surface area (Å²) >= 11 is 12.1. The summed E-state index contributed by atoms with van der Waals surface area (Å²) in [4.78, 5) is 10.9. The zero-order valence-corrected chi connectivity index (χ0v) is 16.0. The van der Waals surface area contributed by atoms with Gasteiger partial charge in [-0.2, -0.15) is 0 Å². The molecule has 0 saturated heterocycles. The number of nitrogens with one attached hydrogen (secondary N) is 1. The number of carbonyl (C=O) groups is 1. The molecule has 140 valence electrons. The fourth-order valence-electron chi connectivity index (χ4n) is 3.01. The predicted molar refractivity (Wildman–Crippen MR) is 118 cm³/mol. The van der Waals surface area contributed by atoms with E-state index in [0.717, 1.165) is 18.7 Å². The molecule has 0 unspecified atom stereocenters. The van der Waals surface area contributed by atoms with Gasteiger partial charge in [0.05, 0.1) is 5.56 Å². The molecular weight excluding hydrogens is 404 g/mol. The van der Waals surface area contributed by atoms with E-state index in [1.165, 1.54) is 11.1 Å². The topological polar surface area (TPSA) is 49.3 Å². The number of rotatable bonds is 7. The SMILES string of the molecule is O=C(O)c1ccc(NCCC(c2ccc(Cl)cc2)c2ccc(Cl)cc2)cc1.[NaH]. The van der Waals surface area contributed by atoms with Gasteiger partial charge in [0.15, 0.2) is 0 Å². The van der Waals surface area contributed by atoms with Gasteiger partial charge in [0.1, 0.15) is 0 Å². The van der Waals surface area contributed by atoms with E-state index in [1.807, 2.05) is 48.5 Å². The summed E-state index contributed by atoms with van der Waals surface area (Å²) in [5.74, 6) is -0.725. The van der Waals surface area contributed by atoms with Crippen molar-refractivity contribution in [2.45, 2.75) is 12.3 Å². The van der Waals surface area contributed by atoms with Crippen molar-refractivity contribution in [1.82, 2.24) is 0 Å². The molecule has 0 aliphatic rings. The van der Waals surface area contributed by atoms with Crippen LogP contribution in [0.4, 0.5) is 5.69 Å². The third-order valence-electron chi connectivity index (χ3n) is 4.44. The molecule has 0 radical (unpaired) electrons. The van der Waals surface area contributed by atoms with Crippen molar-refractivity contribution in [3.05, 3.63) is 99.5 Å². The number of halogens is 2. The zero-order valence-electron chi connectivity index (χ0n) is 14.5. The van der Waals surface area contributed by atoms with Crippen LogP contribution in [0.1, 0.15) is 33.8 Å². The van der Waals surface area contributed by atoms with Gasteiger partial charge in [0.2, 0.25) is 0 Å². The van der Waals surface area contributed by atoms with E-state index in [-0.39, 0.29) is 41.0 Å². The molecule has 0 aliphatic carbocycles.